The first-order chi connectivity index (χ1) is 8.20. The predicted molar refractivity (Wildman–Crippen MR) is 71.6 cm³/mol. The molecule has 0 amide bonds. The van der Waals surface area contributed by atoms with Crippen molar-refractivity contribution in [3.05, 3.63) is 18.2 Å². The summed E-state index contributed by atoms with van der Waals surface area (Å²) in [4.78, 5) is 0.00319. The van der Waals surface area contributed by atoms with Gasteiger partial charge in [-0.2, -0.15) is 0 Å². The highest BCUT2D eigenvalue weighted by molar-refractivity contribution is 7.89. The third-order valence-electron chi connectivity index (χ3n) is 2.45. The van der Waals surface area contributed by atoms with Crippen LogP contribution in [0.4, 0.5) is 11.4 Å². The normalized spacial score (nSPS) is 15.1. The summed E-state index contributed by atoms with van der Waals surface area (Å²) in [5, 5.41) is 17.4. The van der Waals surface area contributed by atoms with Gasteiger partial charge in [0.15, 0.2) is 0 Å². The standard InChI is InChI=1S/C11H19N3O3S/c1-7(5-8(2)15)14-11-6-9(18(13,16)17)3-4-10(11)12/h3-4,6-8,14-15H,5,12H2,1-2H3,(H2,13,16,17). The summed E-state index contributed by atoms with van der Waals surface area (Å²) < 4.78 is 22.5. The summed E-state index contributed by atoms with van der Waals surface area (Å²) in [6.45, 7) is 3.55. The van der Waals surface area contributed by atoms with Crippen LogP contribution >= 0.6 is 0 Å². The first kappa shape index (κ1) is 14.7. The Hall–Kier alpha value is -1.31. The number of aliphatic hydroxyl groups excluding tert-OH is 1. The van der Waals surface area contributed by atoms with E-state index >= 15 is 0 Å². The second-order valence-corrected chi connectivity index (χ2v) is 5.99. The average molecular weight is 273 g/mol. The number of hydrogen-bond acceptors (Lipinski definition) is 5. The first-order valence-corrected chi connectivity index (χ1v) is 7.11. The molecular weight excluding hydrogens is 254 g/mol. The minimum atomic E-state index is -3.75. The lowest BCUT2D eigenvalue weighted by Gasteiger charge is -2.18. The van der Waals surface area contributed by atoms with Crippen molar-refractivity contribution in [2.24, 2.45) is 5.14 Å². The molecule has 1 aromatic rings. The van der Waals surface area contributed by atoms with Crippen molar-refractivity contribution in [1.29, 1.82) is 0 Å². The van der Waals surface area contributed by atoms with Crippen LogP contribution in [0.15, 0.2) is 23.1 Å². The molecule has 6 N–H and O–H groups in total. The zero-order valence-corrected chi connectivity index (χ0v) is 11.2. The number of primary sulfonamides is 1. The number of aliphatic hydroxyl groups is 1. The Balaban J connectivity index is 2.95. The summed E-state index contributed by atoms with van der Waals surface area (Å²) in [6, 6.07) is 4.19. The molecule has 0 aliphatic carbocycles. The molecule has 0 heterocycles. The maximum atomic E-state index is 11.2. The molecule has 0 fully saturated rings. The minimum absolute atomic E-state index is 0.00319. The van der Waals surface area contributed by atoms with Crippen molar-refractivity contribution in [2.75, 3.05) is 11.1 Å². The molecule has 0 bridgehead atoms. The third-order valence-corrected chi connectivity index (χ3v) is 3.36. The Bertz CT molecular complexity index is 514. The van der Waals surface area contributed by atoms with Crippen LogP contribution in [0.2, 0.25) is 0 Å². The molecule has 0 aromatic heterocycles. The van der Waals surface area contributed by atoms with Crippen molar-refractivity contribution < 1.29 is 13.5 Å². The number of nitrogen functional groups attached to an aromatic ring is 1. The van der Waals surface area contributed by atoms with E-state index in [-0.39, 0.29) is 10.9 Å². The zero-order valence-electron chi connectivity index (χ0n) is 10.4. The highest BCUT2D eigenvalue weighted by Crippen LogP contribution is 2.23. The van der Waals surface area contributed by atoms with E-state index in [1.54, 1.807) is 6.92 Å². The number of rotatable bonds is 5. The van der Waals surface area contributed by atoms with Gasteiger partial charge in [-0.05, 0) is 38.5 Å². The quantitative estimate of drug-likeness (QED) is 0.582. The van der Waals surface area contributed by atoms with E-state index in [1.165, 1.54) is 18.2 Å². The van der Waals surface area contributed by atoms with Crippen LogP contribution in [0.1, 0.15) is 20.3 Å². The second-order valence-electron chi connectivity index (χ2n) is 4.42. The molecule has 0 radical (unpaired) electrons. The Kier molecular flexibility index (Phi) is 4.55. The van der Waals surface area contributed by atoms with Gasteiger partial charge in [-0.15, -0.1) is 0 Å². The van der Waals surface area contributed by atoms with Crippen molar-refractivity contribution in [2.45, 2.75) is 37.3 Å². The topological polar surface area (TPSA) is 118 Å². The van der Waals surface area contributed by atoms with Crippen molar-refractivity contribution in [1.82, 2.24) is 0 Å². The minimum Gasteiger partial charge on any atom is -0.397 e. The molecule has 0 aliphatic heterocycles. The van der Waals surface area contributed by atoms with Crippen molar-refractivity contribution in [3.63, 3.8) is 0 Å². The van der Waals surface area contributed by atoms with Gasteiger partial charge in [0, 0.05) is 6.04 Å². The Morgan fingerprint density at radius 1 is 1.39 bits per heavy atom. The summed E-state index contributed by atoms with van der Waals surface area (Å²) in [7, 11) is -3.75. The van der Waals surface area contributed by atoms with Crippen LogP contribution < -0.4 is 16.2 Å². The van der Waals surface area contributed by atoms with Crippen LogP contribution in [0, 0.1) is 0 Å². The fourth-order valence-corrected chi connectivity index (χ4v) is 2.21. The third kappa shape index (κ3) is 4.17. The number of sulfonamides is 1. The molecule has 1 aromatic carbocycles. The number of anilines is 2. The molecule has 1 rings (SSSR count). The molecule has 2 atom stereocenters. The highest BCUT2D eigenvalue weighted by atomic mass is 32.2. The second kappa shape index (κ2) is 5.55. The number of nitrogens with two attached hydrogens (primary N) is 2. The predicted octanol–water partition coefficient (Wildman–Crippen LogP) is 0.488. The Labute approximate surface area is 107 Å². The van der Waals surface area contributed by atoms with Gasteiger partial charge in [0.2, 0.25) is 10.0 Å². The Morgan fingerprint density at radius 2 is 2.00 bits per heavy atom. The maximum absolute atomic E-state index is 11.2. The summed E-state index contributed by atoms with van der Waals surface area (Å²) in [5.41, 5.74) is 6.68. The van der Waals surface area contributed by atoms with Crippen molar-refractivity contribution in [3.8, 4) is 0 Å². The largest absolute Gasteiger partial charge is 0.397 e. The number of benzene rings is 1. The molecule has 0 saturated heterocycles. The van der Waals surface area contributed by atoms with Gasteiger partial charge in [0.1, 0.15) is 0 Å². The SMILES string of the molecule is CC(O)CC(C)Nc1cc(S(N)(=O)=O)ccc1N. The van der Waals surface area contributed by atoms with Gasteiger partial charge in [-0.25, -0.2) is 13.6 Å². The van der Waals surface area contributed by atoms with Gasteiger partial charge in [0.25, 0.3) is 0 Å². The van der Waals surface area contributed by atoms with Gasteiger partial charge in [-0.3, -0.25) is 0 Å². The highest BCUT2D eigenvalue weighted by Gasteiger charge is 2.12. The fraction of sp³-hybridized carbons (Fsp3) is 0.455. The number of hydrogen-bond donors (Lipinski definition) is 4. The molecule has 0 saturated carbocycles. The lowest BCUT2D eigenvalue weighted by Crippen LogP contribution is -2.21. The van der Waals surface area contributed by atoms with Gasteiger partial charge in [-0.1, -0.05) is 0 Å². The summed E-state index contributed by atoms with van der Waals surface area (Å²) >= 11 is 0. The van der Waals surface area contributed by atoms with Crippen LogP contribution in [0.3, 0.4) is 0 Å². The smallest absolute Gasteiger partial charge is 0.238 e. The van der Waals surface area contributed by atoms with E-state index in [9.17, 15) is 13.5 Å². The monoisotopic (exact) mass is 273 g/mol. The molecule has 6 nitrogen and oxygen atoms in total. The average Bonchev–Trinajstić information content (AvgIpc) is 2.18. The van der Waals surface area contributed by atoms with Gasteiger partial charge < -0.3 is 16.2 Å². The number of nitrogens with one attached hydrogen (secondary N) is 1. The zero-order chi connectivity index (χ0) is 13.9. The Morgan fingerprint density at radius 3 is 2.50 bits per heavy atom. The molecule has 0 aliphatic rings. The summed E-state index contributed by atoms with van der Waals surface area (Å²) in [6.07, 6.45) is 0.0779. The van der Waals surface area contributed by atoms with Crippen LogP contribution in [-0.2, 0) is 10.0 Å². The molecule has 18 heavy (non-hydrogen) atoms. The van der Waals surface area contributed by atoms with Crippen LogP contribution in [0.5, 0.6) is 0 Å². The maximum Gasteiger partial charge on any atom is 0.238 e. The van der Waals surface area contributed by atoms with Crippen molar-refractivity contribution >= 4 is 21.4 Å². The molecule has 2 unspecified atom stereocenters. The fourth-order valence-electron chi connectivity index (χ4n) is 1.67. The van der Waals surface area contributed by atoms with Crippen LogP contribution in [-0.4, -0.2) is 25.7 Å². The van der Waals surface area contributed by atoms with E-state index in [0.717, 1.165) is 0 Å². The first-order valence-electron chi connectivity index (χ1n) is 5.57. The van der Waals surface area contributed by atoms with Gasteiger partial charge >= 0.3 is 0 Å². The van der Waals surface area contributed by atoms with E-state index in [0.29, 0.717) is 17.8 Å². The van der Waals surface area contributed by atoms with E-state index < -0.39 is 16.1 Å². The molecule has 7 heteroatoms. The van der Waals surface area contributed by atoms with E-state index in [4.69, 9.17) is 10.9 Å². The van der Waals surface area contributed by atoms with E-state index in [2.05, 4.69) is 5.32 Å². The lowest BCUT2D eigenvalue weighted by molar-refractivity contribution is 0.179. The molecular formula is C11H19N3O3S. The van der Waals surface area contributed by atoms with E-state index in [1.807, 2.05) is 6.92 Å². The lowest BCUT2D eigenvalue weighted by atomic mass is 10.1. The van der Waals surface area contributed by atoms with Crippen LogP contribution in [0.25, 0.3) is 0 Å². The van der Waals surface area contributed by atoms with Gasteiger partial charge in [0.05, 0.1) is 22.4 Å². The molecule has 102 valence electrons. The molecule has 0 spiro atoms. The summed E-state index contributed by atoms with van der Waals surface area (Å²) in [5.74, 6) is 0.